The number of azide groups is 1. The predicted molar refractivity (Wildman–Crippen MR) is 49.3 cm³/mol. The van der Waals surface area contributed by atoms with Crippen LogP contribution in [0.3, 0.4) is 0 Å². The van der Waals surface area contributed by atoms with Gasteiger partial charge in [0.2, 0.25) is 0 Å². The quantitative estimate of drug-likeness (QED) is 0.367. The molecule has 3 fully saturated rings. The number of hydrogen-bond donors (Lipinski definition) is 0. The molecule has 0 unspecified atom stereocenters. The van der Waals surface area contributed by atoms with Gasteiger partial charge in [0, 0.05) is 11.5 Å². The van der Waals surface area contributed by atoms with Gasteiger partial charge in [-0.05, 0) is 43.6 Å². The molecule has 13 heavy (non-hydrogen) atoms. The third kappa shape index (κ3) is 1.52. The molecule has 0 N–H and O–H groups in total. The van der Waals surface area contributed by atoms with E-state index in [4.69, 9.17) is 10.3 Å². The van der Waals surface area contributed by atoms with Crippen LogP contribution >= 0.6 is 0 Å². The normalized spacial score (nSPS) is 42.8. The Kier molecular flexibility index (Phi) is 1.97. The molecule has 0 aromatic heterocycles. The molecule has 4 heteroatoms. The molecular formula is C9H15N3O. The highest BCUT2D eigenvalue weighted by atomic mass is 16.5. The summed E-state index contributed by atoms with van der Waals surface area (Å²) >= 11 is 0. The lowest BCUT2D eigenvalue weighted by Crippen LogP contribution is -2.50. The molecule has 3 rings (SSSR count). The second-order valence-electron chi connectivity index (χ2n) is 4.63. The van der Waals surface area contributed by atoms with Gasteiger partial charge in [-0.15, -0.1) is 0 Å². The first-order chi connectivity index (χ1) is 6.18. The number of nitrogens with zero attached hydrogens (tertiary/aromatic N) is 3. The zero-order valence-corrected chi connectivity index (χ0v) is 7.99. The summed E-state index contributed by atoms with van der Waals surface area (Å²) in [6.07, 6.45) is 4.55. The maximum Gasteiger partial charge on any atom is 0.0655 e. The van der Waals surface area contributed by atoms with Crippen LogP contribution in [0.5, 0.6) is 0 Å². The molecule has 4 nitrogen and oxygen atoms in total. The van der Waals surface area contributed by atoms with Crippen molar-refractivity contribution in [2.24, 2.45) is 10.5 Å². The Morgan fingerprint density at radius 2 is 2.08 bits per heavy atom. The van der Waals surface area contributed by atoms with Gasteiger partial charge in [0.15, 0.2) is 0 Å². The Hall–Kier alpha value is -0.730. The fourth-order valence-corrected chi connectivity index (χ4v) is 2.31. The van der Waals surface area contributed by atoms with Gasteiger partial charge in [0.1, 0.15) is 0 Å². The number of ether oxygens (including phenoxy) is 1. The van der Waals surface area contributed by atoms with E-state index in [0.717, 1.165) is 32.3 Å². The van der Waals surface area contributed by atoms with Crippen LogP contribution in [0.2, 0.25) is 0 Å². The lowest BCUT2D eigenvalue weighted by molar-refractivity contribution is -0.170. The lowest BCUT2D eigenvalue weighted by atomic mass is 9.67. The van der Waals surface area contributed by atoms with Gasteiger partial charge in [0.05, 0.1) is 12.2 Å². The van der Waals surface area contributed by atoms with Gasteiger partial charge in [-0.25, -0.2) is 0 Å². The van der Waals surface area contributed by atoms with E-state index in [9.17, 15) is 0 Å². The van der Waals surface area contributed by atoms with E-state index in [1.54, 1.807) is 0 Å². The smallest absolute Gasteiger partial charge is 0.0655 e. The third-order valence-electron chi connectivity index (χ3n) is 3.56. The molecular weight excluding hydrogens is 166 g/mol. The second-order valence-corrected chi connectivity index (χ2v) is 4.63. The standard InChI is InChI=1S/C9H15N3O/c1-8-2-4-9(5-3-8,7-13-8)6-11-12-10/h2-7H2,1H3. The second kappa shape index (κ2) is 2.89. The van der Waals surface area contributed by atoms with E-state index in [1.807, 2.05) is 0 Å². The van der Waals surface area contributed by atoms with Crippen molar-refractivity contribution >= 4 is 0 Å². The number of fused-ring (bicyclic) bond motifs is 3. The maximum atomic E-state index is 8.29. The van der Waals surface area contributed by atoms with Crippen LogP contribution in [0, 0.1) is 5.41 Å². The fourth-order valence-electron chi connectivity index (χ4n) is 2.31. The summed E-state index contributed by atoms with van der Waals surface area (Å²) in [5.74, 6) is 0. The van der Waals surface area contributed by atoms with E-state index in [1.165, 1.54) is 0 Å². The van der Waals surface area contributed by atoms with E-state index in [0.29, 0.717) is 6.54 Å². The van der Waals surface area contributed by atoms with Crippen molar-refractivity contribution in [3.63, 3.8) is 0 Å². The Bertz CT molecular complexity index is 233. The van der Waals surface area contributed by atoms with Crippen LogP contribution in [-0.2, 0) is 4.74 Å². The van der Waals surface area contributed by atoms with Crippen molar-refractivity contribution in [3.05, 3.63) is 10.4 Å². The zero-order chi connectivity index (χ0) is 9.36. The van der Waals surface area contributed by atoms with Crippen molar-refractivity contribution in [3.8, 4) is 0 Å². The molecule has 1 saturated carbocycles. The van der Waals surface area contributed by atoms with Crippen molar-refractivity contribution in [1.82, 2.24) is 0 Å². The molecule has 0 radical (unpaired) electrons. The summed E-state index contributed by atoms with van der Waals surface area (Å²) in [5.41, 5.74) is 8.58. The molecule has 2 heterocycles. The summed E-state index contributed by atoms with van der Waals surface area (Å²) in [7, 11) is 0. The van der Waals surface area contributed by atoms with Crippen molar-refractivity contribution in [1.29, 1.82) is 0 Å². The number of hydrogen-bond acceptors (Lipinski definition) is 2. The maximum absolute atomic E-state index is 8.29. The van der Waals surface area contributed by atoms with Crippen LogP contribution in [0.1, 0.15) is 32.6 Å². The summed E-state index contributed by atoms with van der Waals surface area (Å²) < 4.78 is 5.78. The summed E-state index contributed by atoms with van der Waals surface area (Å²) in [6.45, 7) is 3.58. The highest BCUT2D eigenvalue weighted by Crippen LogP contribution is 2.48. The van der Waals surface area contributed by atoms with Gasteiger partial charge in [0.25, 0.3) is 0 Å². The molecule has 0 amide bonds. The van der Waals surface area contributed by atoms with Crippen LogP contribution < -0.4 is 0 Å². The van der Waals surface area contributed by atoms with Gasteiger partial charge >= 0.3 is 0 Å². The van der Waals surface area contributed by atoms with E-state index in [-0.39, 0.29) is 11.0 Å². The average molecular weight is 181 g/mol. The fraction of sp³-hybridized carbons (Fsp3) is 1.00. The number of rotatable bonds is 2. The summed E-state index contributed by atoms with van der Waals surface area (Å²) in [5, 5.41) is 3.69. The molecule has 2 saturated heterocycles. The van der Waals surface area contributed by atoms with E-state index < -0.39 is 0 Å². The van der Waals surface area contributed by atoms with Crippen LogP contribution in [-0.4, -0.2) is 18.8 Å². The van der Waals surface area contributed by atoms with E-state index in [2.05, 4.69) is 16.9 Å². The molecule has 3 aliphatic rings. The van der Waals surface area contributed by atoms with Gasteiger partial charge in [-0.3, -0.25) is 0 Å². The Balaban J connectivity index is 2.06. The van der Waals surface area contributed by atoms with Crippen LogP contribution in [0.15, 0.2) is 5.11 Å². The molecule has 1 aliphatic carbocycles. The minimum atomic E-state index is 0.123. The Morgan fingerprint density at radius 1 is 1.38 bits per heavy atom. The monoisotopic (exact) mass is 181 g/mol. The molecule has 0 aromatic rings. The first-order valence-electron chi connectivity index (χ1n) is 4.83. The minimum Gasteiger partial charge on any atom is -0.375 e. The van der Waals surface area contributed by atoms with Gasteiger partial charge in [-0.2, -0.15) is 0 Å². The topological polar surface area (TPSA) is 58.0 Å². The third-order valence-corrected chi connectivity index (χ3v) is 3.56. The average Bonchev–Trinajstić information content (AvgIpc) is 2.18. The first kappa shape index (κ1) is 8.85. The summed E-state index contributed by atoms with van der Waals surface area (Å²) in [4.78, 5) is 2.83. The largest absolute Gasteiger partial charge is 0.375 e. The molecule has 2 aliphatic heterocycles. The molecule has 2 bridgehead atoms. The SMILES string of the molecule is CC12CCC(CN=[N+]=[N-])(CC1)CO2. The summed E-state index contributed by atoms with van der Waals surface area (Å²) in [6, 6.07) is 0. The van der Waals surface area contributed by atoms with Crippen LogP contribution in [0.4, 0.5) is 0 Å². The van der Waals surface area contributed by atoms with Crippen LogP contribution in [0.25, 0.3) is 10.4 Å². The van der Waals surface area contributed by atoms with Crippen molar-refractivity contribution < 1.29 is 4.74 Å². The predicted octanol–water partition coefficient (Wildman–Crippen LogP) is 2.65. The molecule has 0 spiro atoms. The highest BCUT2D eigenvalue weighted by molar-refractivity contribution is 4.98. The van der Waals surface area contributed by atoms with Gasteiger partial charge in [-0.1, -0.05) is 5.11 Å². The van der Waals surface area contributed by atoms with Crippen molar-refractivity contribution in [2.75, 3.05) is 13.2 Å². The first-order valence-corrected chi connectivity index (χ1v) is 4.83. The van der Waals surface area contributed by atoms with Crippen molar-refractivity contribution in [2.45, 2.75) is 38.2 Å². The van der Waals surface area contributed by atoms with E-state index >= 15 is 0 Å². The molecule has 0 atom stereocenters. The zero-order valence-electron chi connectivity index (χ0n) is 7.99. The lowest BCUT2D eigenvalue weighted by Gasteiger charge is -2.51. The highest BCUT2D eigenvalue weighted by Gasteiger charge is 2.46. The minimum absolute atomic E-state index is 0.123. The molecule has 0 aromatic carbocycles. The van der Waals surface area contributed by atoms with Gasteiger partial charge < -0.3 is 4.74 Å². The molecule has 72 valence electrons. The Labute approximate surface area is 77.9 Å². The Morgan fingerprint density at radius 3 is 2.54 bits per heavy atom.